The van der Waals surface area contributed by atoms with Crippen molar-refractivity contribution in [2.24, 2.45) is 0 Å². The molecule has 2 heterocycles. The second-order valence-corrected chi connectivity index (χ2v) is 8.02. The maximum atomic E-state index is 12.6. The van der Waals surface area contributed by atoms with E-state index in [9.17, 15) is 9.59 Å². The minimum atomic E-state index is -0.500. The Morgan fingerprint density at radius 2 is 2.00 bits per heavy atom. The van der Waals surface area contributed by atoms with Crippen molar-refractivity contribution in [3.63, 3.8) is 0 Å². The molecule has 0 amide bonds. The van der Waals surface area contributed by atoms with E-state index in [1.54, 1.807) is 13.0 Å². The number of nitrogens with zero attached hydrogens (tertiary/aromatic N) is 1. The number of hydrogen-bond acceptors (Lipinski definition) is 6. The third kappa shape index (κ3) is 4.58. The van der Waals surface area contributed by atoms with E-state index in [2.05, 4.69) is 9.97 Å². The Hall–Kier alpha value is -2.48. The fourth-order valence-electron chi connectivity index (χ4n) is 2.80. The average Bonchev–Trinajstić information content (AvgIpc) is 3.02. The second-order valence-electron chi connectivity index (χ2n) is 6.62. The number of benzene rings is 1. The lowest BCUT2D eigenvalue weighted by molar-refractivity contribution is 0.0393. The van der Waals surface area contributed by atoms with E-state index in [1.807, 2.05) is 32.0 Å². The molecule has 2 aromatic heterocycles. The number of halogens is 1. The van der Waals surface area contributed by atoms with Crippen LogP contribution in [0.2, 0.25) is 0 Å². The number of hydrogen-bond donors (Lipinski definition) is 1. The number of fused-ring (bicyclic) bond motifs is 1. The van der Waals surface area contributed by atoms with Gasteiger partial charge in [-0.1, -0.05) is 29.8 Å². The van der Waals surface area contributed by atoms with Crippen LogP contribution in [0.25, 0.3) is 21.3 Å². The number of methoxy groups -OCH3 is 1. The summed E-state index contributed by atoms with van der Waals surface area (Å²) in [6.07, 6.45) is 1.75. The first-order chi connectivity index (χ1) is 13.8. The van der Waals surface area contributed by atoms with E-state index < -0.39 is 5.97 Å². The van der Waals surface area contributed by atoms with Crippen LogP contribution in [-0.4, -0.2) is 36.3 Å². The van der Waals surface area contributed by atoms with E-state index in [0.717, 1.165) is 22.5 Å². The molecule has 6 nitrogen and oxygen atoms in total. The van der Waals surface area contributed by atoms with Gasteiger partial charge in [-0.3, -0.25) is 4.79 Å². The molecule has 0 atom stereocenters. The Morgan fingerprint density at radius 1 is 1.24 bits per heavy atom. The molecule has 0 aliphatic carbocycles. The number of esters is 1. The minimum absolute atomic E-state index is 0.141. The van der Waals surface area contributed by atoms with Crippen LogP contribution in [0.3, 0.4) is 0 Å². The second kappa shape index (κ2) is 8.90. The first-order valence-electron chi connectivity index (χ1n) is 8.96. The van der Waals surface area contributed by atoms with Crippen LogP contribution in [0.15, 0.2) is 23.0 Å². The molecule has 0 radical (unpaired) electrons. The zero-order chi connectivity index (χ0) is 21.1. The molecular formula is C21H21ClN2O4S. The molecule has 29 heavy (non-hydrogen) atoms. The highest BCUT2D eigenvalue weighted by Crippen LogP contribution is 2.29. The van der Waals surface area contributed by atoms with Crippen molar-refractivity contribution in [3.05, 3.63) is 61.5 Å². The van der Waals surface area contributed by atoms with Crippen LogP contribution in [0, 0.1) is 20.8 Å². The molecular weight excluding hydrogens is 412 g/mol. The number of carbonyl (C=O) groups excluding carboxylic acids is 1. The highest BCUT2D eigenvalue weighted by molar-refractivity contribution is 7.20. The fraction of sp³-hybridized carbons (Fsp3) is 0.286. The first-order valence-corrected chi connectivity index (χ1v) is 10.2. The van der Waals surface area contributed by atoms with Crippen molar-refractivity contribution in [2.45, 2.75) is 20.8 Å². The quantitative estimate of drug-likeness (QED) is 0.459. The van der Waals surface area contributed by atoms with Gasteiger partial charge >= 0.3 is 5.97 Å². The topological polar surface area (TPSA) is 81.3 Å². The van der Waals surface area contributed by atoms with Crippen molar-refractivity contribution in [1.82, 2.24) is 9.97 Å². The molecule has 0 aliphatic rings. The summed E-state index contributed by atoms with van der Waals surface area (Å²) in [7, 11) is 1.53. The summed E-state index contributed by atoms with van der Waals surface area (Å²) >= 11 is 7.54. The van der Waals surface area contributed by atoms with E-state index in [-0.39, 0.29) is 18.0 Å². The van der Waals surface area contributed by atoms with Gasteiger partial charge in [-0.2, -0.15) is 0 Å². The summed E-state index contributed by atoms with van der Waals surface area (Å²) in [6.45, 7) is 6.21. The maximum Gasteiger partial charge on any atom is 0.348 e. The Balaban J connectivity index is 1.98. The van der Waals surface area contributed by atoms with Crippen LogP contribution in [0.1, 0.15) is 37.7 Å². The first kappa shape index (κ1) is 21.2. The molecule has 3 rings (SSSR count). The number of ether oxygens (including phenoxy) is 2. The number of aromatic amines is 1. The lowest BCUT2D eigenvalue weighted by Gasteiger charge is -2.03. The summed E-state index contributed by atoms with van der Waals surface area (Å²) in [5.41, 5.74) is 3.43. The van der Waals surface area contributed by atoms with Crippen LogP contribution >= 0.6 is 22.9 Å². The van der Waals surface area contributed by atoms with E-state index in [0.29, 0.717) is 32.3 Å². The number of rotatable bonds is 6. The third-order valence-electron chi connectivity index (χ3n) is 4.56. The molecule has 0 spiro atoms. The van der Waals surface area contributed by atoms with E-state index >= 15 is 0 Å². The Labute approximate surface area is 177 Å². The molecule has 1 N–H and O–H groups in total. The van der Waals surface area contributed by atoms with Gasteiger partial charge < -0.3 is 14.5 Å². The molecule has 3 aromatic rings. The zero-order valence-electron chi connectivity index (χ0n) is 16.6. The molecule has 0 unspecified atom stereocenters. The van der Waals surface area contributed by atoms with Gasteiger partial charge in [-0.15, -0.1) is 11.3 Å². The molecule has 1 aromatic carbocycles. The summed E-state index contributed by atoms with van der Waals surface area (Å²) in [4.78, 5) is 32.9. The molecule has 0 saturated carbocycles. The van der Waals surface area contributed by atoms with E-state index in [1.165, 1.54) is 12.7 Å². The lowest BCUT2D eigenvalue weighted by atomic mass is 10.1. The zero-order valence-corrected chi connectivity index (χ0v) is 18.2. The summed E-state index contributed by atoms with van der Waals surface area (Å²) in [6, 6.07) is 5.97. The van der Waals surface area contributed by atoms with Crippen molar-refractivity contribution in [1.29, 1.82) is 0 Å². The van der Waals surface area contributed by atoms with Crippen LogP contribution < -0.4 is 5.56 Å². The van der Waals surface area contributed by atoms with Crippen LogP contribution in [0.5, 0.6) is 0 Å². The van der Waals surface area contributed by atoms with Gasteiger partial charge in [0.05, 0.1) is 17.0 Å². The number of H-pyrrole nitrogens is 1. The molecule has 152 valence electrons. The summed E-state index contributed by atoms with van der Waals surface area (Å²) in [5, 5.41) is 0.676. The van der Waals surface area contributed by atoms with Gasteiger partial charge in [0.1, 0.15) is 16.3 Å². The highest BCUT2D eigenvalue weighted by Gasteiger charge is 2.21. The summed E-state index contributed by atoms with van der Waals surface area (Å²) in [5.74, 6) is -0.247. The standard InChI is InChI=1S/C21H21ClN2O4S/c1-11-5-6-14(9-12(11)2)10-15(22)18-23-19(25)16-13(3)17(29-20(16)24-18)21(26)28-8-7-27-4/h5-6,9-10H,7-8H2,1-4H3,(H,23,24,25)/b15-10-. The number of thiophene rings is 1. The molecule has 0 saturated heterocycles. The number of aromatic nitrogens is 2. The van der Waals surface area contributed by atoms with Crippen LogP contribution in [0.4, 0.5) is 0 Å². The predicted molar refractivity (Wildman–Crippen MR) is 117 cm³/mol. The van der Waals surface area contributed by atoms with Gasteiger partial charge in [0.25, 0.3) is 5.56 Å². The van der Waals surface area contributed by atoms with Gasteiger partial charge in [0, 0.05) is 7.11 Å². The van der Waals surface area contributed by atoms with Crippen molar-refractivity contribution < 1.29 is 14.3 Å². The SMILES string of the molecule is COCCOC(=O)c1sc2nc(/C(Cl)=C/c3ccc(C)c(C)c3)[nH]c(=O)c2c1C. The number of carbonyl (C=O) groups is 1. The van der Waals surface area contributed by atoms with Crippen molar-refractivity contribution >= 4 is 50.2 Å². The number of aryl methyl sites for hydroxylation is 3. The fourth-order valence-corrected chi connectivity index (χ4v) is 4.10. The van der Waals surface area contributed by atoms with Crippen molar-refractivity contribution in [3.8, 4) is 0 Å². The average molecular weight is 433 g/mol. The normalized spacial score (nSPS) is 11.8. The molecule has 0 bridgehead atoms. The van der Waals surface area contributed by atoms with Gasteiger partial charge in [0.15, 0.2) is 5.82 Å². The Bertz CT molecular complexity index is 1160. The van der Waals surface area contributed by atoms with Gasteiger partial charge in [-0.25, -0.2) is 9.78 Å². The minimum Gasteiger partial charge on any atom is -0.459 e. The molecule has 0 fully saturated rings. The van der Waals surface area contributed by atoms with Gasteiger partial charge in [-0.05, 0) is 49.1 Å². The highest BCUT2D eigenvalue weighted by atomic mass is 35.5. The van der Waals surface area contributed by atoms with E-state index in [4.69, 9.17) is 21.1 Å². The van der Waals surface area contributed by atoms with Gasteiger partial charge in [0.2, 0.25) is 0 Å². The predicted octanol–water partition coefficient (Wildman–Crippen LogP) is 4.45. The Morgan fingerprint density at radius 3 is 2.69 bits per heavy atom. The maximum absolute atomic E-state index is 12.6. The Kier molecular flexibility index (Phi) is 6.52. The summed E-state index contributed by atoms with van der Waals surface area (Å²) < 4.78 is 10.0. The monoisotopic (exact) mass is 432 g/mol. The molecule has 0 aliphatic heterocycles. The lowest BCUT2D eigenvalue weighted by Crippen LogP contribution is -2.11. The van der Waals surface area contributed by atoms with Crippen molar-refractivity contribution in [2.75, 3.05) is 20.3 Å². The number of nitrogens with one attached hydrogen (secondary N) is 1. The smallest absolute Gasteiger partial charge is 0.348 e. The van der Waals surface area contributed by atoms with Crippen LogP contribution in [-0.2, 0) is 9.47 Å². The third-order valence-corrected chi connectivity index (χ3v) is 6.01. The largest absolute Gasteiger partial charge is 0.459 e. The molecule has 8 heteroatoms.